The van der Waals surface area contributed by atoms with Gasteiger partial charge < -0.3 is 14.7 Å². The number of carbonyl (C=O) groups is 2. The van der Waals surface area contributed by atoms with Crippen molar-refractivity contribution in [1.29, 1.82) is 0 Å². The highest BCUT2D eigenvalue weighted by molar-refractivity contribution is 7.16. The summed E-state index contributed by atoms with van der Waals surface area (Å²) in [5.41, 5.74) is -0.204. The van der Waals surface area contributed by atoms with Crippen LogP contribution in [0.2, 0.25) is 0 Å². The second-order valence-corrected chi connectivity index (χ2v) is 11.6. The average Bonchev–Trinajstić information content (AvgIpc) is 3.57. The lowest BCUT2D eigenvalue weighted by molar-refractivity contribution is -0.142. The smallest absolute Gasteiger partial charge is 0.419 e. The largest absolute Gasteiger partial charge is 0.496 e. The average molecular weight is 678 g/mol. The van der Waals surface area contributed by atoms with E-state index in [1.54, 1.807) is 0 Å². The Hall–Kier alpha value is -3.20. The number of nitrogens with zero attached hydrogens (tertiary/aromatic N) is 5. The molecule has 10 nitrogen and oxygen atoms in total. The molecular formula is C28H33Cl2F3N6O4S. The molecule has 1 atom stereocenters. The maximum Gasteiger partial charge on any atom is 0.419 e. The molecule has 240 valence electrons. The molecule has 0 radical (unpaired) electrons. The summed E-state index contributed by atoms with van der Waals surface area (Å²) in [6.45, 7) is 4.52. The molecule has 4 heterocycles. The first-order valence-electron chi connectivity index (χ1n) is 13.6. The molecule has 3 aromatic rings. The van der Waals surface area contributed by atoms with E-state index < -0.39 is 23.6 Å². The van der Waals surface area contributed by atoms with Crippen LogP contribution in [-0.2, 0) is 17.5 Å². The third-order valence-electron chi connectivity index (χ3n) is 7.77. The fourth-order valence-corrected chi connectivity index (χ4v) is 6.35. The van der Waals surface area contributed by atoms with Crippen molar-refractivity contribution in [2.24, 2.45) is 5.92 Å². The van der Waals surface area contributed by atoms with Crippen molar-refractivity contribution in [1.82, 2.24) is 19.9 Å². The Morgan fingerprint density at radius 3 is 2.41 bits per heavy atom. The highest BCUT2D eigenvalue weighted by Crippen LogP contribution is 2.41. The summed E-state index contributed by atoms with van der Waals surface area (Å²) in [5.74, 6) is -1.46. The predicted molar refractivity (Wildman–Crippen MR) is 165 cm³/mol. The van der Waals surface area contributed by atoms with Crippen molar-refractivity contribution in [3.05, 3.63) is 46.7 Å². The summed E-state index contributed by atoms with van der Waals surface area (Å²) in [4.78, 5) is 42.3. The minimum atomic E-state index is -4.62. The Morgan fingerprint density at radius 2 is 1.84 bits per heavy atom. The SMILES string of the molecule is COc1ccc(-c2nc(NC(=O)c3cnc(N4CCC(C(=O)O)CC4)cn3)sc2CN2CCC[C@@H]2C)cc1C(F)(F)F.Cl.Cl. The van der Waals surface area contributed by atoms with Gasteiger partial charge >= 0.3 is 12.1 Å². The number of aromatic nitrogens is 3. The quantitative estimate of drug-likeness (QED) is 0.296. The molecule has 0 saturated carbocycles. The fraction of sp³-hybridized carbons (Fsp3) is 0.464. The van der Waals surface area contributed by atoms with Gasteiger partial charge in [0.1, 0.15) is 17.3 Å². The van der Waals surface area contributed by atoms with Crippen LogP contribution >= 0.6 is 36.2 Å². The van der Waals surface area contributed by atoms with E-state index in [0.29, 0.717) is 50.0 Å². The van der Waals surface area contributed by atoms with Crippen molar-refractivity contribution in [2.75, 3.05) is 37.0 Å². The number of hydrogen-bond acceptors (Lipinski definition) is 9. The van der Waals surface area contributed by atoms with Crippen molar-refractivity contribution in [2.45, 2.75) is 51.4 Å². The number of aliphatic carboxylic acids is 1. The van der Waals surface area contributed by atoms with E-state index in [1.807, 2.05) is 4.90 Å². The number of carboxylic acid groups (broad SMARTS) is 1. The maximum absolute atomic E-state index is 13.8. The van der Waals surface area contributed by atoms with E-state index in [0.717, 1.165) is 30.3 Å². The summed E-state index contributed by atoms with van der Waals surface area (Å²) < 4.78 is 46.2. The third-order valence-corrected chi connectivity index (χ3v) is 8.73. The van der Waals surface area contributed by atoms with Gasteiger partial charge in [0.2, 0.25) is 0 Å². The van der Waals surface area contributed by atoms with E-state index in [4.69, 9.17) is 4.74 Å². The lowest BCUT2D eigenvalue weighted by Crippen LogP contribution is -2.36. The van der Waals surface area contributed by atoms with Crippen molar-refractivity contribution < 1.29 is 32.6 Å². The van der Waals surface area contributed by atoms with Crippen LogP contribution in [0.4, 0.5) is 24.1 Å². The number of hydrogen-bond donors (Lipinski definition) is 2. The monoisotopic (exact) mass is 676 g/mol. The molecule has 2 fully saturated rings. The van der Waals surface area contributed by atoms with Gasteiger partial charge in [-0.15, -0.1) is 24.8 Å². The Balaban J connectivity index is 0.00000264. The van der Waals surface area contributed by atoms with Crippen LogP contribution in [0.3, 0.4) is 0 Å². The number of rotatable bonds is 8. The summed E-state index contributed by atoms with van der Waals surface area (Å²) in [5, 5.41) is 12.2. The van der Waals surface area contributed by atoms with Gasteiger partial charge in [-0.1, -0.05) is 11.3 Å². The molecule has 16 heteroatoms. The van der Waals surface area contributed by atoms with Gasteiger partial charge in [0.25, 0.3) is 5.91 Å². The maximum atomic E-state index is 13.8. The molecule has 0 aliphatic carbocycles. The first-order valence-corrected chi connectivity index (χ1v) is 14.5. The molecule has 1 amide bonds. The number of anilines is 2. The second-order valence-electron chi connectivity index (χ2n) is 10.5. The van der Waals surface area contributed by atoms with E-state index >= 15 is 0 Å². The van der Waals surface area contributed by atoms with Gasteiger partial charge in [-0.3, -0.25) is 19.8 Å². The predicted octanol–water partition coefficient (Wildman–Crippen LogP) is 6.01. The van der Waals surface area contributed by atoms with Crippen LogP contribution in [0, 0.1) is 5.92 Å². The molecule has 44 heavy (non-hydrogen) atoms. The fourth-order valence-electron chi connectivity index (χ4n) is 5.35. The van der Waals surface area contributed by atoms with Crippen LogP contribution in [0.15, 0.2) is 30.6 Å². The Labute approximate surface area is 268 Å². The highest BCUT2D eigenvalue weighted by atomic mass is 35.5. The van der Waals surface area contributed by atoms with E-state index in [-0.39, 0.29) is 52.9 Å². The first-order chi connectivity index (χ1) is 20.0. The minimum absolute atomic E-state index is 0. The summed E-state index contributed by atoms with van der Waals surface area (Å²) in [6.07, 6.45) is 1.27. The Kier molecular flexibility index (Phi) is 11.8. The lowest BCUT2D eigenvalue weighted by Gasteiger charge is -2.30. The lowest BCUT2D eigenvalue weighted by atomic mass is 9.97. The van der Waals surface area contributed by atoms with Crippen LogP contribution in [-0.4, -0.2) is 69.6 Å². The number of amides is 1. The summed E-state index contributed by atoms with van der Waals surface area (Å²) in [7, 11) is 1.19. The number of carboxylic acids is 1. The number of likely N-dealkylation sites (tertiary alicyclic amines) is 1. The molecule has 2 aliphatic rings. The number of nitrogens with one attached hydrogen (secondary N) is 1. The molecular weight excluding hydrogens is 644 g/mol. The number of methoxy groups -OCH3 is 1. The normalized spacial score (nSPS) is 17.5. The summed E-state index contributed by atoms with van der Waals surface area (Å²) in [6, 6.07) is 4.16. The van der Waals surface area contributed by atoms with Crippen LogP contribution in [0.25, 0.3) is 11.3 Å². The Bertz CT molecular complexity index is 1450. The van der Waals surface area contributed by atoms with Gasteiger partial charge in [0, 0.05) is 36.1 Å². The van der Waals surface area contributed by atoms with Crippen LogP contribution in [0.5, 0.6) is 5.75 Å². The highest BCUT2D eigenvalue weighted by Gasteiger charge is 2.35. The second kappa shape index (κ2) is 14.7. The first kappa shape index (κ1) is 35.3. The van der Waals surface area contributed by atoms with E-state index in [1.165, 1.54) is 43.0 Å². The molecule has 2 aliphatic heterocycles. The number of benzene rings is 1. The number of thiazole rings is 1. The number of carbonyl (C=O) groups excluding carboxylic acids is 1. The Morgan fingerprint density at radius 1 is 1.11 bits per heavy atom. The zero-order valence-corrected chi connectivity index (χ0v) is 26.4. The molecule has 5 rings (SSSR count). The molecule has 0 spiro atoms. The zero-order valence-electron chi connectivity index (χ0n) is 24.0. The standard InChI is InChI=1S/C28H31F3N6O4S.2ClH/c1-16-4-3-9-37(16)15-22-24(18-5-6-21(41-2)19(12-18)28(29,30)31)34-27(42-22)35-25(38)20-13-33-23(14-32-20)36-10-7-17(8-11-36)26(39)40;;/h5-6,12-14,16-17H,3-4,7-11,15H2,1-2H3,(H,39,40)(H,34,35,38);2*1H/t16-;;/m0../s1. The number of ether oxygens (including phenoxy) is 1. The topological polar surface area (TPSA) is 121 Å². The molecule has 2 N–H and O–H groups in total. The van der Waals surface area contributed by atoms with Crippen molar-refractivity contribution >= 4 is 59.0 Å². The zero-order chi connectivity index (χ0) is 30.0. The van der Waals surface area contributed by atoms with Crippen LogP contribution in [0.1, 0.15) is 53.5 Å². The van der Waals surface area contributed by atoms with Crippen molar-refractivity contribution in [3.8, 4) is 17.0 Å². The molecule has 1 aromatic carbocycles. The van der Waals surface area contributed by atoms with Gasteiger partial charge in [-0.05, 0) is 57.4 Å². The van der Waals surface area contributed by atoms with Gasteiger partial charge in [-0.2, -0.15) is 13.2 Å². The summed E-state index contributed by atoms with van der Waals surface area (Å²) >= 11 is 1.22. The van der Waals surface area contributed by atoms with Crippen LogP contribution < -0.4 is 15.0 Å². The third kappa shape index (κ3) is 7.89. The minimum Gasteiger partial charge on any atom is -0.496 e. The molecule has 2 saturated heterocycles. The van der Waals surface area contributed by atoms with E-state index in [2.05, 4.69) is 32.1 Å². The molecule has 0 unspecified atom stereocenters. The van der Waals surface area contributed by atoms with Crippen molar-refractivity contribution in [3.63, 3.8) is 0 Å². The number of piperidine rings is 1. The molecule has 0 bridgehead atoms. The molecule has 2 aromatic heterocycles. The van der Waals surface area contributed by atoms with E-state index in [9.17, 15) is 27.9 Å². The van der Waals surface area contributed by atoms with Gasteiger partial charge in [0.15, 0.2) is 5.13 Å². The van der Waals surface area contributed by atoms with Gasteiger partial charge in [0.05, 0.1) is 36.7 Å². The number of alkyl halides is 3. The van der Waals surface area contributed by atoms with Gasteiger partial charge in [-0.25, -0.2) is 15.0 Å². The number of halogens is 5.